The van der Waals surface area contributed by atoms with Gasteiger partial charge in [-0.3, -0.25) is 0 Å². The fraction of sp³-hybridized carbons (Fsp3) is 0.429. The second-order valence-corrected chi connectivity index (χ2v) is 4.87. The number of rotatable bonds is 4. The van der Waals surface area contributed by atoms with Crippen LogP contribution in [0.5, 0.6) is 0 Å². The Morgan fingerprint density at radius 1 is 1.33 bits per heavy atom. The first-order valence-electron chi connectivity index (χ1n) is 6.35. The lowest BCUT2D eigenvalue weighted by atomic mass is 10.2. The van der Waals surface area contributed by atoms with Crippen molar-refractivity contribution < 1.29 is 4.42 Å². The van der Waals surface area contributed by atoms with E-state index in [1.165, 1.54) is 12.8 Å². The molecule has 0 atom stereocenters. The highest BCUT2D eigenvalue weighted by Gasteiger charge is 2.20. The van der Waals surface area contributed by atoms with E-state index in [9.17, 15) is 0 Å². The molecule has 4 heteroatoms. The van der Waals surface area contributed by atoms with E-state index in [1.54, 1.807) is 6.26 Å². The Bertz CT molecular complexity index is 558. The quantitative estimate of drug-likeness (QED) is 0.896. The Balaban J connectivity index is 1.87. The summed E-state index contributed by atoms with van der Waals surface area (Å²) < 4.78 is 5.31. The van der Waals surface area contributed by atoms with Gasteiger partial charge < -0.3 is 9.73 Å². The van der Waals surface area contributed by atoms with E-state index in [0.29, 0.717) is 6.04 Å². The maximum atomic E-state index is 5.31. The average Bonchev–Trinajstić information content (AvgIpc) is 3.07. The van der Waals surface area contributed by atoms with E-state index < -0.39 is 0 Å². The van der Waals surface area contributed by atoms with Crippen LogP contribution < -0.4 is 5.32 Å². The molecule has 4 nitrogen and oxygen atoms in total. The van der Waals surface area contributed by atoms with Gasteiger partial charge in [-0.25, -0.2) is 9.97 Å². The van der Waals surface area contributed by atoms with E-state index in [-0.39, 0.29) is 0 Å². The van der Waals surface area contributed by atoms with Gasteiger partial charge in [-0.05, 0) is 38.8 Å². The summed E-state index contributed by atoms with van der Waals surface area (Å²) in [5, 5.41) is 3.47. The molecule has 2 aromatic heterocycles. The molecule has 0 saturated heterocycles. The largest absolute Gasteiger partial charge is 0.469 e. The van der Waals surface area contributed by atoms with Gasteiger partial charge in [0, 0.05) is 18.3 Å². The van der Waals surface area contributed by atoms with Crippen molar-refractivity contribution in [1.82, 2.24) is 15.3 Å². The van der Waals surface area contributed by atoms with Gasteiger partial charge >= 0.3 is 0 Å². The maximum absolute atomic E-state index is 5.31. The molecule has 1 saturated carbocycles. The van der Waals surface area contributed by atoms with Crippen LogP contribution in [-0.2, 0) is 6.54 Å². The van der Waals surface area contributed by atoms with Gasteiger partial charge in [0.1, 0.15) is 5.76 Å². The minimum atomic E-state index is 0.694. The molecule has 0 unspecified atom stereocenters. The number of nitrogens with zero attached hydrogens (tertiary/aromatic N) is 2. The van der Waals surface area contributed by atoms with Crippen LogP contribution in [0.3, 0.4) is 0 Å². The van der Waals surface area contributed by atoms with Gasteiger partial charge in [-0.2, -0.15) is 0 Å². The lowest BCUT2D eigenvalue weighted by Gasteiger charge is -2.06. The van der Waals surface area contributed by atoms with Crippen LogP contribution in [-0.4, -0.2) is 16.0 Å². The number of nitrogens with one attached hydrogen (secondary N) is 1. The highest BCUT2D eigenvalue weighted by atomic mass is 16.3. The van der Waals surface area contributed by atoms with Crippen LogP contribution in [0.2, 0.25) is 0 Å². The molecule has 0 bridgehead atoms. The molecule has 0 spiro atoms. The predicted molar refractivity (Wildman–Crippen MR) is 69.1 cm³/mol. The molecular weight excluding hydrogens is 226 g/mol. The van der Waals surface area contributed by atoms with E-state index >= 15 is 0 Å². The fourth-order valence-electron chi connectivity index (χ4n) is 2.00. The molecule has 2 aromatic rings. The molecular formula is C14H17N3O. The first-order valence-corrected chi connectivity index (χ1v) is 6.35. The highest BCUT2D eigenvalue weighted by molar-refractivity contribution is 5.57. The summed E-state index contributed by atoms with van der Waals surface area (Å²) in [5.74, 6) is 1.62. The summed E-state index contributed by atoms with van der Waals surface area (Å²) in [5.41, 5.74) is 3.02. The zero-order valence-corrected chi connectivity index (χ0v) is 10.7. The number of aromatic nitrogens is 2. The second-order valence-electron chi connectivity index (χ2n) is 4.87. The summed E-state index contributed by atoms with van der Waals surface area (Å²) in [6.07, 6.45) is 4.26. The Hall–Kier alpha value is -1.68. The second kappa shape index (κ2) is 4.53. The summed E-state index contributed by atoms with van der Waals surface area (Å²) in [7, 11) is 0. The fourth-order valence-corrected chi connectivity index (χ4v) is 2.00. The average molecular weight is 243 g/mol. The van der Waals surface area contributed by atoms with Crippen molar-refractivity contribution in [3.8, 4) is 11.4 Å². The number of hydrogen-bond acceptors (Lipinski definition) is 4. The molecule has 1 fully saturated rings. The normalized spacial score (nSPS) is 15.0. The molecule has 18 heavy (non-hydrogen) atoms. The summed E-state index contributed by atoms with van der Waals surface area (Å²) in [6.45, 7) is 4.75. The third-order valence-corrected chi connectivity index (χ3v) is 3.16. The molecule has 94 valence electrons. The van der Waals surface area contributed by atoms with Gasteiger partial charge in [0.15, 0.2) is 5.82 Å². The smallest absolute Gasteiger partial charge is 0.163 e. The lowest BCUT2D eigenvalue weighted by Crippen LogP contribution is -2.16. The number of aryl methyl sites for hydroxylation is 2. The van der Waals surface area contributed by atoms with Crippen LogP contribution in [0, 0.1) is 13.8 Å². The first kappa shape index (κ1) is 11.4. The van der Waals surface area contributed by atoms with Crippen molar-refractivity contribution in [1.29, 1.82) is 0 Å². The Morgan fingerprint density at radius 3 is 2.83 bits per heavy atom. The molecule has 1 aliphatic rings. The minimum Gasteiger partial charge on any atom is -0.469 e. The third-order valence-electron chi connectivity index (χ3n) is 3.16. The highest BCUT2D eigenvalue weighted by Crippen LogP contribution is 2.22. The third kappa shape index (κ3) is 2.43. The van der Waals surface area contributed by atoms with Gasteiger partial charge in [0.05, 0.1) is 17.5 Å². The Kier molecular flexibility index (Phi) is 2.88. The summed E-state index contributed by atoms with van der Waals surface area (Å²) >= 11 is 0. The van der Waals surface area contributed by atoms with Gasteiger partial charge in [0.25, 0.3) is 0 Å². The van der Waals surface area contributed by atoms with Crippen molar-refractivity contribution in [2.45, 2.75) is 39.3 Å². The monoisotopic (exact) mass is 243 g/mol. The minimum absolute atomic E-state index is 0.694. The Morgan fingerprint density at radius 2 is 2.17 bits per heavy atom. The van der Waals surface area contributed by atoms with Crippen molar-refractivity contribution in [2.75, 3.05) is 0 Å². The first-order chi connectivity index (χ1) is 8.72. The van der Waals surface area contributed by atoms with E-state index in [2.05, 4.69) is 15.3 Å². The van der Waals surface area contributed by atoms with Crippen LogP contribution >= 0.6 is 0 Å². The van der Waals surface area contributed by atoms with Gasteiger partial charge in [-0.1, -0.05) is 0 Å². The summed E-state index contributed by atoms with van der Waals surface area (Å²) in [4.78, 5) is 9.08. The number of hydrogen-bond donors (Lipinski definition) is 1. The lowest BCUT2D eigenvalue weighted by molar-refractivity contribution is 0.535. The molecule has 1 aliphatic carbocycles. The number of furan rings is 1. The standard InChI is InChI=1S/C14H17N3O/c1-9-7-12(8-15-11-3-4-11)17-14(16-9)13-5-6-18-10(13)2/h5-7,11,15H,3-4,8H2,1-2H3. The zero-order chi connectivity index (χ0) is 12.5. The molecule has 0 amide bonds. The van der Waals surface area contributed by atoms with Crippen LogP contribution in [0.15, 0.2) is 22.8 Å². The van der Waals surface area contributed by atoms with Gasteiger partial charge in [-0.15, -0.1) is 0 Å². The van der Waals surface area contributed by atoms with Crippen molar-refractivity contribution in [3.05, 3.63) is 35.5 Å². The van der Waals surface area contributed by atoms with Crippen LogP contribution in [0.4, 0.5) is 0 Å². The molecule has 0 aliphatic heterocycles. The maximum Gasteiger partial charge on any atom is 0.163 e. The molecule has 3 rings (SSSR count). The molecule has 2 heterocycles. The van der Waals surface area contributed by atoms with Gasteiger partial charge in [0.2, 0.25) is 0 Å². The van der Waals surface area contributed by atoms with Crippen LogP contribution in [0.25, 0.3) is 11.4 Å². The molecule has 0 aromatic carbocycles. The van der Waals surface area contributed by atoms with E-state index in [0.717, 1.165) is 35.1 Å². The van der Waals surface area contributed by atoms with E-state index in [1.807, 2.05) is 26.0 Å². The zero-order valence-electron chi connectivity index (χ0n) is 10.7. The van der Waals surface area contributed by atoms with Crippen molar-refractivity contribution in [2.24, 2.45) is 0 Å². The van der Waals surface area contributed by atoms with Crippen molar-refractivity contribution in [3.63, 3.8) is 0 Å². The Labute approximate surface area is 106 Å². The predicted octanol–water partition coefficient (Wildman–Crippen LogP) is 2.61. The van der Waals surface area contributed by atoms with Crippen LogP contribution in [0.1, 0.15) is 30.0 Å². The SMILES string of the molecule is Cc1cc(CNC2CC2)nc(-c2ccoc2C)n1. The molecule has 1 N–H and O–H groups in total. The van der Waals surface area contributed by atoms with E-state index in [4.69, 9.17) is 4.42 Å². The topological polar surface area (TPSA) is 51.0 Å². The summed E-state index contributed by atoms with van der Waals surface area (Å²) in [6, 6.07) is 4.65. The van der Waals surface area contributed by atoms with Crippen molar-refractivity contribution >= 4 is 0 Å². The molecule has 0 radical (unpaired) electrons.